The first-order valence-electron chi connectivity index (χ1n) is 7.39. The molecule has 0 saturated heterocycles. The molecule has 0 aliphatic carbocycles. The maximum Gasteiger partial charge on any atom is 0.332 e. The lowest BCUT2D eigenvalue weighted by Crippen LogP contribution is -2.38. The van der Waals surface area contributed by atoms with E-state index in [4.69, 9.17) is 0 Å². The van der Waals surface area contributed by atoms with Crippen LogP contribution in [0.15, 0.2) is 33.4 Å². The largest absolute Gasteiger partial charge is 0.354 e. The second kappa shape index (κ2) is 6.44. The van der Waals surface area contributed by atoms with Crippen molar-refractivity contribution in [3.8, 4) is 0 Å². The van der Waals surface area contributed by atoms with E-state index in [0.717, 1.165) is 11.0 Å². The summed E-state index contributed by atoms with van der Waals surface area (Å²) in [6.07, 6.45) is 2.18. The summed E-state index contributed by atoms with van der Waals surface area (Å²) in [6.45, 7) is 0.511. The van der Waals surface area contributed by atoms with E-state index in [1.807, 2.05) is 17.5 Å². The van der Waals surface area contributed by atoms with Gasteiger partial charge in [0.25, 0.3) is 5.56 Å². The van der Waals surface area contributed by atoms with E-state index in [1.54, 1.807) is 18.4 Å². The normalized spacial score (nSPS) is 11.1. The molecule has 3 aromatic rings. The Hall–Kier alpha value is -2.68. The third kappa shape index (κ3) is 2.90. The Morgan fingerprint density at radius 3 is 2.79 bits per heavy atom. The molecule has 0 fully saturated rings. The van der Waals surface area contributed by atoms with E-state index in [1.165, 1.54) is 27.4 Å². The van der Waals surface area contributed by atoms with Crippen LogP contribution >= 0.6 is 11.3 Å². The van der Waals surface area contributed by atoms with Crippen molar-refractivity contribution in [2.45, 2.75) is 13.0 Å². The molecule has 3 aromatic heterocycles. The van der Waals surface area contributed by atoms with Crippen LogP contribution in [-0.2, 0) is 31.9 Å². The van der Waals surface area contributed by atoms with Crippen LogP contribution in [0.25, 0.3) is 11.2 Å². The van der Waals surface area contributed by atoms with Crippen molar-refractivity contribution in [1.82, 2.24) is 24.0 Å². The molecule has 0 radical (unpaired) electrons. The minimum absolute atomic E-state index is 0.0195. The lowest BCUT2D eigenvalue weighted by Gasteiger charge is -2.07. The lowest BCUT2D eigenvalue weighted by molar-refractivity contribution is -0.121. The van der Waals surface area contributed by atoms with Crippen molar-refractivity contribution in [1.29, 1.82) is 0 Å². The van der Waals surface area contributed by atoms with Crippen LogP contribution in [0, 0.1) is 0 Å². The number of rotatable bonds is 5. The van der Waals surface area contributed by atoms with E-state index in [0.29, 0.717) is 6.54 Å². The quantitative estimate of drug-likeness (QED) is 0.695. The highest BCUT2D eigenvalue weighted by atomic mass is 32.1. The molecule has 1 N–H and O–H groups in total. The fraction of sp³-hybridized carbons (Fsp3) is 0.333. The molecule has 0 aliphatic heterocycles. The number of nitrogens with zero attached hydrogens (tertiary/aromatic N) is 4. The first-order chi connectivity index (χ1) is 11.5. The van der Waals surface area contributed by atoms with Gasteiger partial charge in [0.2, 0.25) is 5.91 Å². The molecule has 0 aromatic carbocycles. The van der Waals surface area contributed by atoms with Gasteiger partial charge in [0.05, 0.1) is 6.33 Å². The van der Waals surface area contributed by atoms with Crippen molar-refractivity contribution in [2.24, 2.45) is 14.1 Å². The molecule has 9 heteroatoms. The summed E-state index contributed by atoms with van der Waals surface area (Å²) in [5.41, 5.74) is -0.391. The van der Waals surface area contributed by atoms with E-state index < -0.39 is 11.2 Å². The third-order valence-corrected chi connectivity index (χ3v) is 4.74. The van der Waals surface area contributed by atoms with Crippen LogP contribution in [0.4, 0.5) is 0 Å². The summed E-state index contributed by atoms with van der Waals surface area (Å²) < 4.78 is 3.77. The molecule has 126 valence electrons. The van der Waals surface area contributed by atoms with E-state index in [9.17, 15) is 14.4 Å². The van der Waals surface area contributed by atoms with E-state index >= 15 is 0 Å². The van der Waals surface area contributed by atoms with Gasteiger partial charge in [-0.2, -0.15) is 0 Å². The standard InChI is InChI=1S/C15H17N5O3S/c1-18-13-12(14(22)19(2)15(18)23)20(9-17-13)8-11(21)16-6-5-10-4-3-7-24-10/h3-4,7,9H,5-6,8H2,1-2H3,(H,16,21). The molecule has 8 nitrogen and oxygen atoms in total. The Kier molecular flexibility index (Phi) is 4.34. The van der Waals surface area contributed by atoms with Gasteiger partial charge in [0.15, 0.2) is 11.2 Å². The number of carbonyl (C=O) groups excluding carboxylic acids is 1. The third-order valence-electron chi connectivity index (χ3n) is 3.80. The highest BCUT2D eigenvalue weighted by Gasteiger charge is 2.15. The summed E-state index contributed by atoms with van der Waals surface area (Å²) in [7, 11) is 2.95. The molecule has 0 saturated carbocycles. The van der Waals surface area contributed by atoms with Gasteiger partial charge in [0.1, 0.15) is 6.54 Å². The summed E-state index contributed by atoms with van der Waals surface area (Å²) >= 11 is 1.65. The summed E-state index contributed by atoms with van der Waals surface area (Å²) in [5, 5.41) is 4.82. The number of nitrogens with one attached hydrogen (secondary N) is 1. The number of fused-ring (bicyclic) bond motifs is 1. The zero-order valence-corrected chi connectivity index (χ0v) is 14.2. The maximum atomic E-state index is 12.3. The van der Waals surface area contributed by atoms with Gasteiger partial charge in [-0.15, -0.1) is 11.3 Å². The number of thiophene rings is 1. The SMILES string of the molecule is Cn1c(=O)c2c(ncn2CC(=O)NCCc2cccs2)n(C)c1=O. The van der Waals surface area contributed by atoms with Crippen LogP contribution in [-0.4, -0.2) is 31.1 Å². The van der Waals surface area contributed by atoms with Gasteiger partial charge in [0, 0.05) is 25.5 Å². The Labute approximate surface area is 141 Å². The number of amides is 1. The number of aromatic nitrogens is 4. The van der Waals surface area contributed by atoms with Gasteiger partial charge in [-0.1, -0.05) is 6.07 Å². The number of hydrogen-bond donors (Lipinski definition) is 1. The molecular weight excluding hydrogens is 330 g/mol. The maximum absolute atomic E-state index is 12.3. The fourth-order valence-corrected chi connectivity index (χ4v) is 3.22. The first kappa shape index (κ1) is 16.2. The fourth-order valence-electron chi connectivity index (χ4n) is 2.51. The molecular formula is C15H17N5O3S. The van der Waals surface area contributed by atoms with Gasteiger partial charge < -0.3 is 9.88 Å². The van der Waals surface area contributed by atoms with Gasteiger partial charge in [-0.05, 0) is 17.9 Å². The lowest BCUT2D eigenvalue weighted by atomic mass is 10.3. The summed E-state index contributed by atoms with van der Waals surface area (Å²) in [6, 6.07) is 3.99. The molecule has 0 aliphatic rings. The molecule has 3 rings (SSSR count). The monoisotopic (exact) mass is 347 g/mol. The highest BCUT2D eigenvalue weighted by Crippen LogP contribution is 2.08. The van der Waals surface area contributed by atoms with Crippen molar-refractivity contribution in [3.63, 3.8) is 0 Å². The molecule has 0 unspecified atom stereocenters. The number of aryl methyl sites for hydroxylation is 1. The van der Waals surface area contributed by atoms with Crippen molar-refractivity contribution < 1.29 is 4.79 Å². The second-order valence-corrected chi connectivity index (χ2v) is 6.46. The van der Waals surface area contributed by atoms with Crippen LogP contribution in [0.5, 0.6) is 0 Å². The van der Waals surface area contributed by atoms with Gasteiger partial charge >= 0.3 is 5.69 Å². The number of carbonyl (C=O) groups is 1. The van der Waals surface area contributed by atoms with Crippen LogP contribution in [0.1, 0.15) is 4.88 Å². The van der Waals surface area contributed by atoms with Crippen molar-refractivity contribution >= 4 is 28.4 Å². The minimum atomic E-state index is -0.461. The van der Waals surface area contributed by atoms with Crippen molar-refractivity contribution in [2.75, 3.05) is 6.54 Å². The topological polar surface area (TPSA) is 90.9 Å². The molecule has 24 heavy (non-hydrogen) atoms. The average Bonchev–Trinajstić information content (AvgIpc) is 3.21. The average molecular weight is 347 g/mol. The molecule has 0 bridgehead atoms. The highest BCUT2D eigenvalue weighted by molar-refractivity contribution is 7.09. The zero-order chi connectivity index (χ0) is 17.3. The van der Waals surface area contributed by atoms with E-state index in [2.05, 4.69) is 10.3 Å². The van der Waals surface area contributed by atoms with Crippen molar-refractivity contribution in [3.05, 3.63) is 49.6 Å². The smallest absolute Gasteiger partial charge is 0.332 e. The minimum Gasteiger partial charge on any atom is -0.354 e. The zero-order valence-electron chi connectivity index (χ0n) is 13.4. The van der Waals surface area contributed by atoms with Crippen LogP contribution in [0.2, 0.25) is 0 Å². The van der Waals surface area contributed by atoms with Crippen LogP contribution < -0.4 is 16.6 Å². The number of hydrogen-bond acceptors (Lipinski definition) is 5. The molecule has 0 spiro atoms. The Balaban J connectivity index is 1.77. The molecule has 3 heterocycles. The predicted molar refractivity (Wildman–Crippen MR) is 91.2 cm³/mol. The van der Waals surface area contributed by atoms with E-state index in [-0.39, 0.29) is 23.6 Å². The Bertz CT molecular complexity index is 997. The summed E-state index contributed by atoms with van der Waals surface area (Å²) in [5.74, 6) is -0.207. The molecule has 1 amide bonds. The Morgan fingerprint density at radius 2 is 2.08 bits per heavy atom. The second-order valence-electron chi connectivity index (χ2n) is 5.43. The summed E-state index contributed by atoms with van der Waals surface area (Å²) in [4.78, 5) is 41.6. The first-order valence-corrected chi connectivity index (χ1v) is 8.27. The van der Waals surface area contributed by atoms with Gasteiger partial charge in [-0.25, -0.2) is 9.78 Å². The molecule has 0 atom stereocenters. The predicted octanol–water partition coefficient (Wildman–Crippen LogP) is -0.146. The number of imidazole rings is 1. The Morgan fingerprint density at radius 1 is 1.29 bits per heavy atom. The van der Waals surface area contributed by atoms with Gasteiger partial charge in [-0.3, -0.25) is 18.7 Å². The van der Waals surface area contributed by atoms with Crippen LogP contribution in [0.3, 0.4) is 0 Å².